The van der Waals surface area contributed by atoms with Crippen molar-refractivity contribution in [2.75, 3.05) is 6.54 Å². The van der Waals surface area contributed by atoms with Crippen molar-refractivity contribution in [2.45, 2.75) is 19.9 Å². The summed E-state index contributed by atoms with van der Waals surface area (Å²) in [6.45, 7) is 3.88. The Morgan fingerprint density at radius 1 is 1.29 bits per heavy atom. The molecule has 0 aliphatic carbocycles. The van der Waals surface area contributed by atoms with E-state index in [1.165, 1.54) is 12.1 Å². The summed E-state index contributed by atoms with van der Waals surface area (Å²) in [5.74, 6) is -0.223. The molecule has 1 aromatic carbocycles. The van der Waals surface area contributed by atoms with E-state index in [0.717, 1.165) is 36.3 Å². The fraction of sp³-hybridized carbons (Fsp3) is 0.308. The standard InChI is InChI=1S/C13H16FN3/c1-2-7-15-8-11-9-16-17-13(11)10-3-5-12(14)6-4-10/h3-6,9,15H,2,7-8H2,1H3,(H,16,17). The van der Waals surface area contributed by atoms with E-state index in [-0.39, 0.29) is 5.82 Å². The number of nitrogens with one attached hydrogen (secondary N) is 2. The molecule has 0 aliphatic rings. The van der Waals surface area contributed by atoms with E-state index >= 15 is 0 Å². The van der Waals surface area contributed by atoms with Crippen LogP contribution in [0.1, 0.15) is 18.9 Å². The minimum Gasteiger partial charge on any atom is -0.313 e. The van der Waals surface area contributed by atoms with Crippen molar-refractivity contribution in [1.29, 1.82) is 0 Å². The van der Waals surface area contributed by atoms with Crippen LogP contribution >= 0.6 is 0 Å². The van der Waals surface area contributed by atoms with E-state index in [0.29, 0.717) is 0 Å². The number of H-pyrrole nitrogens is 1. The van der Waals surface area contributed by atoms with Crippen molar-refractivity contribution >= 4 is 0 Å². The van der Waals surface area contributed by atoms with Crippen LogP contribution in [0.4, 0.5) is 4.39 Å². The Labute approximate surface area is 100 Å². The Kier molecular flexibility index (Phi) is 3.88. The van der Waals surface area contributed by atoms with Gasteiger partial charge in [0.2, 0.25) is 0 Å². The third-order valence-corrected chi connectivity index (χ3v) is 2.59. The van der Waals surface area contributed by atoms with Crippen molar-refractivity contribution in [1.82, 2.24) is 15.5 Å². The fourth-order valence-corrected chi connectivity index (χ4v) is 1.71. The molecule has 1 heterocycles. The van der Waals surface area contributed by atoms with E-state index in [1.54, 1.807) is 18.3 Å². The number of hydrogen-bond acceptors (Lipinski definition) is 2. The first-order valence-corrected chi connectivity index (χ1v) is 5.80. The first-order chi connectivity index (χ1) is 8.31. The molecule has 4 heteroatoms. The number of benzene rings is 1. The van der Waals surface area contributed by atoms with E-state index in [2.05, 4.69) is 22.4 Å². The van der Waals surface area contributed by atoms with Crippen molar-refractivity contribution in [2.24, 2.45) is 0 Å². The van der Waals surface area contributed by atoms with Crippen molar-refractivity contribution in [3.05, 3.63) is 41.8 Å². The van der Waals surface area contributed by atoms with E-state index in [9.17, 15) is 4.39 Å². The molecule has 2 N–H and O–H groups in total. The summed E-state index contributed by atoms with van der Waals surface area (Å²) < 4.78 is 12.8. The van der Waals surface area contributed by atoms with Gasteiger partial charge in [-0.2, -0.15) is 5.10 Å². The Balaban J connectivity index is 2.15. The summed E-state index contributed by atoms with van der Waals surface area (Å²) in [6, 6.07) is 6.43. The highest BCUT2D eigenvalue weighted by Gasteiger charge is 2.06. The smallest absolute Gasteiger partial charge is 0.123 e. The highest BCUT2D eigenvalue weighted by Crippen LogP contribution is 2.21. The number of aromatic amines is 1. The van der Waals surface area contributed by atoms with E-state index in [4.69, 9.17) is 0 Å². The number of hydrogen-bond donors (Lipinski definition) is 2. The molecule has 0 atom stereocenters. The quantitative estimate of drug-likeness (QED) is 0.779. The molecule has 90 valence electrons. The fourth-order valence-electron chi connectivity index (χ4n) is 1.71. The highest BCUT2D eigenvalue weighted by atomic mass is 19.1. The van der Waals surface area contributed by atoms with Gasteiger partial charge in [-0.25, -0.2) is 4.39 Å². The lowest BCUT2D eigenvalue weighted by molar-refractivity contribution is 0.628. The lowest BCUT2D eigenvalue weighted by Crippen LogP contribution is -2.13. The Bertz CT molecular complexity index is 462. The maximum atomic E-state index is 12.8. The molecule has 0 spiro atoms. The van der Waals surface area contributed by atoms with Gasteiger partial charge in [0.05, 0.1) is 11.9 Å². The third-order valence-electron chi connectivity index (χ3n) is 2.59. The molecule has 0 fully saturated rings. The Hall–Kier alpha value is -1.68. The lowest BCUT2D eigenvalue weighted by atomic mass is 10.1. The molecule has 0 unspecified atom stereocenters. The van der Waals surface area contributed by atoms with Crippen LogP contribution in [0.5, 0.6) is 0 Å². The molecule has 0 amide bonds. The van der Waals surface area contributed by atoms with Gasteiger partial charge in [0.15, 0.2) is 0 Å². The number of aromatic nitrogens is 2. The van der Waals surface area contributed by atoms with E-state index in [1.807, 2.05) is 0 Å². The van der Waals surface area contributed by atoms with Crippen LogP contribution in [0.3, 0.4) is 0 Å². The van der Waals surface area contributed by atoms with Crippen LogP contribution in [0.25, 0.3) is 11.3 Å². The number of halogens is 1. The van der Waals surface area contributed by atoms with Crippen LogP contribution in [0, 0.1) is 5.82 Å². The van der Waals surface area contributed by atoms with Gasteiger partial charge in [0.25, 0.3) is 0 Å². The summed E-state index contributed by atoms with van der Waals surface area (Å²) in [5, 5.41) is 10.3. The second-order valence-corrected chi connectivity index (χ2v) is 3.95. The molecule has 0 saturated heterocycles. The maximum Gasteiger partial charge on any atom is 0.123 e. The SMILES string of the molecule is CCCNCc1cn[nH]c1-c1ccc(F)cc1. The molecule has 0 aliphatic heterocycles. The molecule has 2 rings (SSSR count). The second kappa shape index (κ2) is 5.59. The van der Waals surface area contributed by atoms with Crippen LogP contribution in [0.15, 0.2) is 30.5 Å². The number of nitrogens with zero attached hydrogens (tertiary/aromatic N) is 1. The van der Waals surface area contributed by atoms with Gasteiger partial charge in [0, 0.05) is 17.7 Å². The first kappa shape index (κ1) is 11.8. The van der Waals surface area contributed by atoms with Crippen molar-refractivity contribution in [3.8, 4) is 11.3 Å². The summed E-state index contributed by atoms with van der Waals surface area (Å²) in [5.41, 5.74) is 3.01. The molecule has 17 heavy (non-hydrogen) atoms. The largest absolute Gasteiger partial charge is 0.313 e. The average Bonchev–Trinajstić information content (AvgIpc) is 2.79. The van der Waals surface area contributed by atoms with Gasteiger partial charge in [-0.3, -0.25) is 5.10 Å². The minimum absolute atomic E-state index is 0.223. The molecular weight excluding hydrogens is 217 g/mol. The summed E-state index contributed by atoms with van der Waals surface area (Å²) in [7, 11) is 0. The molecule has 0 bridgehead atoms. The van der Waals surface area contributed by atoms with Gasteiger partial charge in [0.1, 0.15) is 5.82 Å². The third kappa shape index (κ3) is 2.91. The molecule has 0 radical (unpaired) electrons. The molecule has 2 aromatic rings. The first-order valence-electron chi connectivity index (χ1n) is 5.80. The minimum atomic E-state index is -0.223. The lowest BCUT2D eigenvalue weighted by Gasteiger charge is -2.04. The summed E-state index contributed by atoms with van der Waals surface area (Å²) >= 11 is 0. The number of rotatable bonds is 5. The Morgan fingerprint density at radius 3 is 2.76 bits per heavy atom. The zero-order valence-corrected chi connectivity index (χ0v) is 9.83. The van der Waals surface area contributed by atoms with Gasteiger partial charge in [-0.05, 0) is 37.2 Å². The second-order valence-electron chi connectivity index (χ2n) is 3.95. The normalized spacial score (nSPS) is 10.7. The molecular formula is C13H16FN3. The zero-order valence-electron chi connectivity index (χ0n) is 9.83. The van der Waals surface area contributed by atoms with Crippen LogP contribution in [-0.4, -0.2) is 16.7 Å². The molecule has 3 nitrogen and oxygen atoms in total. The summed E-state index contributed by atoms with van der Waals surface area (Å²) in [6.07, 6.45) is 2.91. The van der Waals surface area contributed by atoms with E-state index < -0.39 is 0 Å². The Morgan fingerprint density at radius 2 is 2.06 bits per heavy atom. The average molecular weight is 233 g/mol. The van der Waals surface area contributed by atoms with Crippen molar-refractivity contribution < 1.29 is 4.39 Å². The molecule has 0 saturated carbocycles. The maximum absolute atomic E-state index is 12.8. The zero-order chi connectivity index (χ0) is 12.1. The van der Waals surface area contributed by atoms with Crippen molar-refractivity contribution in [3.63, 3.8) is 0 Å². The molecule has 1 aromatic heterocycles. The highest BCUT2D eigenvalue weighted by molar-refractivity contribution is 5.62. The monoisotopic (exact) mass is 233 g/mol. The predicted octanol–water partition coefficient (Wildman–Crippen LogP) is 2.72. The van der Waals surface area contributed by atoms with Gasteiger partial charge in [-0.15, -0.1) is 0 Å². The predicted molar refractivity (Wildman–Crippen MR) is 66.0 cm³/mol. The van der Waals surface area contributed by atoms with Gasteiger partial charge < -0.3 is 5.32 Å². The topological polar surface area (TPSA) is 40.7 Å². The van der Waals surface area contributed by atoms with Crippen LogP contribution in [-0.2, 0) is 6.54 Å². The summed E-state index contributed by atoms with van der Waals surface area (Å²) in [4.78, 5) is 0. The van der Waals surface area contributed by atoms with Gasteiger partial charge >= 0.3 is 0 Å². The van der Waals surface area contributed by atoms with Crippen LogP contribution < -0.4 is 5.32 Å². The van der Waals surface area contributed by atoms with Crippen LogP contribution in [0.2, 0.25) is 0 Å². The van der Waals surface area contributed by atoms with Gasteiger partial charge in [-0.1, -0.05) is 6.92 Å².